The predicted octanol–water partition coefficient (Wildman–Crippen LogP) is 1.22. The molecule has 80 valence electrons. The Labute approximate surface area is 90.1 Å². The molecule has 1 fully saturated rings. The maximum Gasteiger partial charge on any atom is 0.105 e. The molecular formula is C12H17N2O+. The summed E-state index contributed by atoms with van der Waals surface area (Å²) >= 11 is 0. The van der Waals surface area contributed by atoms with Crippen molar-refractivity contribution in [2.75, 3.05) is 26.2 Å². The van der Waals surface area contributed by atoms with E-state index in [4.69, 9.17) is 0 Å². The van der Waals surface area contributed by atoms with Gasteiger partial charge in [0.05, 0.1) is 26.2 Å². The lowest BCUT2D eigenvalue weighted by Crippen LogP contribution is -2.55. The molecule has 1 spiro atoms. The van der Waals surface area contributed by atoms with Gasteiger partial charge in [-0.05, 0) is 0 Å². The molecule has 0 aliphatic carbocycles. The van der Waals surface area contributed by atoms with Crippen LogP contribution < -0.4 is 0 Å². The molecule has 1 N–H and O–H groups in total. The lowest BCUT2D eigenvalue weighted by molar-refractivity contribution is -0.952. The maximum absolute atomic E-state index is 9.39. The van der Waals surface area contributed by atoms with E-state index in [1.54, 1.807) is 0 Å². The van der Waals surface area contributed by atoms with Gasteiger partial charge in [-0.25, -0.2) is 0 Å². The minimum atomic E-state index is 0.813. The van der Waals surface area contributed by atoms with Crippen LogP contribution in [0.2, 0.25) is 0 Å². The summed E-state index contributed by atoms with van der Waals surface area (Å²) in [5, 5.41) is 10.8. The van der Waals surface area contributed by atoms with E-state index in [1.165, 1.54) is 16.2 Å². The van der Waals surface area contributed by atoms with Gasteiger partial charge in [0.25, 0.3) is 0 Å². The molecule has 3 nitrogen and oxygen atoms in total. The van der Waals surface area contributed by atoms with Crippen molar-refractivity contribution in [2.24, 2.45) is 0 Å². The number of quaternary nitrogens is 1. The fourth-order valence-corrected chi connectivity index (χ4v) is 2.84. The van der Waals surface area contributed by atoms with E-state index < -0.39 is 0 Å². The number of nitrogens with zero attached hydrogens (tertiary/aromatic N) is 2. The average molecular weight is 205 g/mol. The molecule has 0 amide bonds. The number of hydrogen-bond acceptors (Lipinski definition) is 2. The van der Waals surface area contributed by atoms with Gasteiger partial charge in [0.15, 0.2) is 0 Å². The van der Waals surface area contributed by atoms with E-state index >= 15 is 0 Å². The van der Waals surface area contributed by atoms with E-state index in [-0.39, 0.29) is 0 Å². The third kappa shape index (κ3) is 1.57. The lowest BCUT2D eigenvalue weighted by Gasteiger charge is -2.39. The summed E-state index contributed by atoms with van der Waals surface area (Å²) in [6.45, 7) is 6.09. The molecule has 0 aromatic heterocycles. The molecule has 0 bridgehead atoms. The van der Waals surface area contributed by atoms with Gasteiger partial charge in [0, 0.05) is 11.1 Å². The molecule has 2 aliphatic heterocycles. The third-order valence-electron chi connectivity index (χ3n) is 3.79. The van der Waals surface area contributed by atoms with Gasteiger partial charge in [-0.1, -0.05) is 24.3 Å². The smallest absolute Gasteiger partial charge is 0.105 e. The summed E-state index contributed by atoms with van der Waals surface area (Å²) < 4.78 is 1.15. The summed E-state index contributed by atoms with van der Waals surface area (Å²) in [5.74, 6) is 0. The van der Waals surface area contributed by atoms with Crippen LogP contribution in [0.15, 0.2) is 24.3 Å². The van der Waals surface area contributed by atoms with Crippen molar-refractivity contribution in [1.82, 2.24) is 5.06 Å². The second-order valence-electron chi connectivity index (χ2n) is 4.83. The molecule has 1 saturated heterocycles. The highest BCUT2D eigenvalue weighted by Crippen LogP contribution is 2.30. The normalized spacial score (nSPS) is 24.3. The monoisotopic (exact) mass is 205 g/mol. The maximum atomic E-state index is 9.39. The van der Waals surface area contributed by atoms with Crippen LogP contribution in [-0.4, -0.2) is 40.9 Å². The van der Waals surface area contributed by atoms with Crippen LogP contribution in [0.5, 0.6) is 0 Å². The first kappa shape index (κ1) is 9.33. The van der Waals surface area contributed by atoms with Crippen LogP contribution in [0, 0.1) is 0 Å². The van der Waals surface area contributed by atoms with Crippen LogP contribution in [-0.2, 0) is 13.1 Å². The van der Waals surface area contributed by atoms with Crippen molar-refractivity contribution in [1.29, 1.82) is 0 Å². The molecule has 3 rings (SSSR count). The van der Waals surface area contributed by atoms with Crippen LogP contribution in [0.25, 0.3) is 0 Å². The molecule has 2 aliphatic rings. The first-order valence-corrected chi connectivity index (χ1v) is 5.63. The van der Waals surface area contributed by atoms with Crippen molar-refractivity contribution in [3.8, 4) is 0 Å². The van der Waals surface area contributed by atoms with Crippen molar-refractivity contribution in [3.63, 3.8) is 0 Å². The standard InChI is InChI=1S/C12H17N2O/c15-13-5-7-14(8-6-13)9-11-3-1-2-4-12(11)10-14/h1-4,15H,5-10H2/q+1. The van der Waals surface area contributed by atoms with Crippen molar-refractivity contribution >= 4 is 0 Å². The number of hydrogen-bond donors (Lipinski definition) is 1. The Morgan fingerprint density at radius 1 is 1.00 bits per heavy atom. The van der Waals surface area contributed by atoms with Crippen LogP contribution >= 0.6 is 0 Å². The number of piperazine rings is 1. The van der Waals surface area contributed by atoms with E-state index in [2.05, 4.69) is 24.3 Å². The zero-order valence-electron chi connectivity index (χ0n) is 8.89. The fraction of sp³-hybridized carbons (Fsp3) is 0.500. The number of fused-ring (bicyclic) bond motifs is 1. The van der Waals surface area contributed by atoms with Gasteiger partial charge >= 0.3 is 0 Å². The van der Waals surface area contributed by atoms with Gasteiger partial charge in [0.2, 0.25) is 0 Å². The van der Waals surface area contributed by atoms with Crippen molar-refractivity contribution in [3.05, 3.63) is 35.4 Å². The Bertz CT molecular complexity index is 343. The van der Waals surface area contributed by atoms with Crippen LogP contribution in [0.3, 0.4) is 0 Å². The fourth-order valence-electron chi connectivity index (χ4n) is 2.84. The minimum Gasteiger partial charge on any atom is -0.314 e. The predicted molar refractivity (Wildman–Crippen MR) is 57.2 cm³/mol. The molecule has 15 heavy (non-hydrogen) atoms. The van der Waals surface area contributed by atoms with E-state index in [9.17, 15) is 5.21 Å². The van der Waals surface area contributed by atoms with E-state index in [0.29, 0.717) is 0 Å². The zero-order chi connectivity index (χ0) is 10.3. The second-order valence-corrected chi connectivity index (χ2v) is 4.83. The zero-order valence-corrected chi connectivity index (χ0v) is 8.89. The van der Waals surface area contributed by atoms with Crippen molar-refractivity contribution in [2.45, 2.75) is 13.1 Å². The molecule has 2 heterocycles. The van der Waals surface area contributed by atoms with Gasteiger partial charge in [-0.3, -0.25) is 0 Å². The highest BCUT2D eigenvalue weighted by molar-refractivity contribution is 5.28. The van der Waals surface area contributed by atoms with Gasteiger partial charge in [-0.2, -0.15) is 5.06 Å². The first-order chi connectivity index (χ1) is 7.27. The molecule has 0 radical (unpaired) electrons. The van der Waals surface area contributed by atoms with Gasteiger partial charge in [-0.15, -0.1) is 0 Å². The Hall–Kier alpha value is -0.900. The summed E-state index contributed by atoms with van der Waals surface area (Å²) in [4.78, 5) is 0. The first-order valence-electron chi connectivity index (χ1n) is 5.63. The summed E-state index contributed by atoms with van der Waals surface area (Å²) in [6, 6.07) is 8.74. The topological polar surface area (TPSA) is 23.5 Å². The Morgan fingerprint density at radius 2 is 1.53 bits per heavy atom. The number of benzene rings is 1. The molecule has 3 heteroatoms. The summed E-state index contributed by atoms with van der Waals surface area (Å²) in [5.41, 5.74) is 3.01. The van der Waals surface area contributed by atoms with Crippen LogP contribution in [0.1, 0.15) is 11.1 Å². The SMILES string of the molecule is ON1CC[N+]2(CC1)Cc1ccccc1C2. The minimum absolute atomic E-state index is 0.813. The molecular weight excluding hydrogens is 188 g/mol. The second kappa shape index (κ2) is 3.30. The van der Waals surface area contributed by atoms with Gasteiger partial charge < -0.3 is 9.69 Å². The summed E-state index contributed by atoms with van der Waals surface area (Å²) in [7, 11) is 0. The highest BCUT2D eigenvalue weighted by atomic mass is 16.5. The Morgan fingerprint density at radius 3 is 2.07 bits per heavy atom. The third-order valence-corrected chi connectivity index (χ3v) is 3.79. The van der Waals surface area contributed by atoms with E-state index in [1.807, 2.05) is 0 Å². The lowest BCUT2D eigenvalue weighted by atomic mass is 10.1. The molecule has 1 aromatic rings. The average Bonchev–Trinajstić information content (AvgIpc) is 2.61. The highest BCUT2D eigenvalue weighted by Gasteiger charge is 2.38. The Kier molecular flexibility index (Phi) is 2.06. The van der Waals surface area contributed by atoms with E-state index in [0.717, 1.165) is 43.8 Å². The number of hydroxylamine groups is 2. The molecule has 1 aromatic carbocycles. The summed E-state index contributed by atoms with van der Waals surface area (Å²) in [6.07, 6.45) is 0. The molecule has 0 saturated carbocycles. The Balaban J connectivity index is 1.83. The van der Waals surface area contributed by atoms with Crippen LogP contribution in [0.4, 0.5) is 0 Å². The number of rotatable bonds is 0. The quantitative estimate of drug-likeness (QED) is 0.644. The van der Waals surface area contributed by atoms with Crippen molar-refractivity contribution < 1.29 is 9.69 Å². The molecule has 0 unspecified atom stereocenters. The molecule has 0 atom stereocenters. The largest absolute Gasteiger partial charge is 0.314 e. The van der Waals surface area contributed by atoms with Gasteiger partial charge in [0.1, 0.15) is 13.1 Å².